The molecule has 11 heteroatoms. The van der Waals surface area contributed by atoms with Gasteiger partial charge >= 0.3 is 12.3 Å². The van der Waals surface area contributed by atoms with E-state index >= 15 is 0 Å². The predicted octanol–water partition coefficient (Wildman–Crippen LogP) is 6.37. The normalized spacial score (nSPS) is 14.1. The zero-order valence-electron chi connectivity index (χ0n) is 18.0. The van der Waals surface area contributed by atoms with Gasteiger partial charge in [-0.3, -0.25) is 4.79 Å². The Morgan fingerprint density at radius 3 is 2.38 bits per heavy atom. The maximum atomic E-state index is 14.1. The fourth-order valence-corrected chi connectivity index (χ4v) is 4.18. The summed E-state index contributed by atoms with van der Waals surface area (Å²) in [7, 11) is 1.17. The molecule has 2 amide bonds. The Morgan fingerprint density at radius 2 is 1.85 bits per heavy atom. The minimum absolute atomic E-state index is 0.0178. The van der Waals surface area contributed by atoms with Gasteiger partial charge in [-0.05, 0) is 41.8 Å². The van der Waals surface area contributed by atoms with Crippen LogP contribution in [0.15, 0.2) is 55.1 Å². The van der Waals surface area contributed by atoms with Crippen molar-refractivity contribution < 1.29 is 32.3 Å². The lowest BCUT2D eigenvalue weighted by atomic mass is 9.68. The molecule has 2 atom stereocenters. The van der Waals surface area contributed by atoms with Crippen LogP contribution in [0.25, 0.3) is 0 Å². The largest absolute Gasteiger partial charge is 0.465 e. The van der Waals surface area contributed by atoms with E-state index in [9.17, 15) is 32.3 Å². The van der Waals surface area contributed by atoms with Gasteiger partial charge in [-0.1, -0.05) is 47.5 Å². The van der Waals surface area contributed by atoms with Crippen LogP contribution < -0.4 is 5.32 Å². The van der Waals surface area contributed by atoms with E-state index in [0.29, 0.717) is 5.56 Å². The Labute approximate surface area is 204 Å². The number of likely N-dealkylation sites (N-methyl/N-ethyl adjacent to an activating group) is 1. The van der Waals surface area contributed by atoms with Crippen molar-refractivity contribution in [3.8, 4) is 0 Å². The van der Waals surface area contributed by atoms with Gasteiger partial charge in [0, 0.05) is 19.0 Å². The number of allylic oxidation sites excluding steroid dienone is 1. The first-order valence-corrected chi connectivity index (χ1v) is 10.7. The summed E-state index contributed by atoms with van der Waals surface area (Å²) in [6, 6.07) is 8.29. The van der Waals surface area contributed by atoms with Gasteiger partial charge < -0.3 is 15.3 Å². The first kappa shape index (κ1) is 27.5. The zero-order valence-corrected chi connectivity index (χ0v) is 19.5. The molecule has 0 aliphatic carbocycles. The number of nitrogens with one attached hydrogen (secondary N) is 1. The molecule has 0 saturated heterocycles. The summed E-state index contributed by atoms with van der Waals surface area (Å²) < 4.78 is 52.8. The molecule has 2 N–H and O–H groups in total. The molecule has 34 heavy (non-hydrogen) atoms. The summed E-state index contributed by atoms with van der Waals surface area (Å²) in [6.45, 7) is 3.32. The van der Waals surface area contributed by atoms with Crippen LogP contribution in [0, 0.1) is 5.82 Å². The minimum Gasteiger partial charge on any atom is -0.465 e. The molecule has 0 aromatic heterocycles. The molecule has 0 radical (unpaired) electrons. The standard InChI is InChI=1S/C23H22Cl2F4N2O3/c1-3-9-22(15-7-8-17(24)18(25)11-15,13-31(2)19(32)12-23(27,28)29)20(30-21(33)34)14-5-4-6-16(26)10-14/h3-8,10-11,20,30H,1,9,12-13H2,2H3,(H,33,34)/t20?,22-/m1/s1. The fraction of sp³-hybridized carbons (Fsp3) is 0.304. The van der Waals surface area contributed by atoms with E-state index in [-0.39, 0.29) is 28.6 Å². The summed E-state index contributed by atoms with van der Waals surface area (Å²) in [6.07, 6.45) is -6.49. The van der Waals surface area contributed by atoms with Crippen molar-refractivity contribution in [2.45, 2.75) is 30.5 Å². The topological polar surface area (TPSA) is 69.6 Å². The molecule has 5 nitrogen and oxygen atoms in total. The van der Waals surface area contributed by atoms with E-state index in [1.54, 1.807) is 0 Å². The third-order valence-electron chi connectivity index (χ3n) is 5.30. The molecule has 184 valence electrons. The van der Waals surface area contributed by atoms with Gasteiger partial charge in [0.1, 0.15) is 12.2 Å². The Balaban J connectivity index is 2.76. The lowest BCUT2D eigenvalue weighted by Gasteiger charge is -2.43. The molecule has 0 aliphatic heterocycles. The number of carbonyl (C=O) groups is 2. The first-order valence-electron chi connectivity index (χ1n) is 9.91. The molecule has 0 bridgehead atoms. The number of hydrogen-bond acceptors (Lipinski definition) is 2. The Morgan fingerprint density at radius 1 is 1.18 bits per heavy atom. The monoisotopic (exact) mass is 520 g/mol. The molecule has 0 heterocycles. The Hall–Kier alpha value is -2.78. The van der Waals surface area contributed by atoms with Crippen LogP contribution in [0.5, 0.6) is 0 Å². The lowest BCUT2D eigenvalue weighted by Crippen LogP contribution is -2.51. The van der Waals surface area contributed by atoms with Crippen LogP contribution in [0.1, 0.15) is 30.0 Å². The van der Waals surface area contributed by atoms with Crippen molar-refractivity contribution in [1.82, 2.24) is 10.2 Å². The Bertz CT molecular complexity index is 1060. The van der Waals surface area contributed by atoms with Gasteiger partial charge in [-0.25, -0.2) is 9.18 Å². The average Bonchev–Trinajstić information content (AvgIpc) is 2.72. The number of amides is 2. The molecular formula is C23H22Cl2F4N2O3. The smallest absolute Gasteiger partial charge is 0.405 e. The second kappa shape index (κ2) is 11.1. The predicted molar refractivity (Wildman–Crippen MR) is 122 cm³/mol. The van der Waals surface area contributed by atoms with Gasteiger partial charge in [0.2, 0.25) is 5.91 Å². The summed E-state index contributed by atoms with van der Waals surface area (Å²) in [5.41, 5.74) is -0.887. The van der Waals surface area contributed by atoms with Crippen LogP contribution in [-0.2, 0) is 10.2 Å². The van der Waals surface area contributed by atoms with Crippen LogP contribution in [-0.4, -0.2) is 41.8 Å². The molecular weight excluding hydrogens is 499 g/mol. The second-order valence-corrected chi connectivity index (χ2v) is 8.57. The molecule has 2 aromatic carbocycles. The van der Waals surface area contributed by atoms with E-state index in [4.69, 9.17) is 23.2 Å². The maximum Gasteiger partial charge on any atom is 0.405 e. The molecule has 2 aromatic rings. The highest BCUT2D eigenvalue weighted by atomic mass is 35.5. The van der Waals surface area contributed by atoms with Crippen molar-refractivity contribution in [2.24, 2.45) is 0 Å². The SMILES string of the molecule is C=CC[C@@](CN(C)C(=O)CC(F)(F)F)(c1ccc(Cl)c(Cl)c1)C(NC(=O)O)c1cccc(F)c1. The highest BCUT2D eigenvalue weighted by Crippen LogP contribution is 2.43. The van der Waals surface area contributed by atoms with Gasteiger partial charge in [0.15, 0.2) is 0 Å². The van der Waals surface area contributed by atoms with Crippen molar-refractivity contribution in [2.75, 3.05) is 13.6 Å². The van der Waals surface area contributed by atoms with E-state index in [0.717, 1.165) is 17.0 Å². The van der Waals surface area contributed by atoms with Gasteiger partial charge in [0.25, 0.3) is 0 Å². The van der Waals surface area contributed by atoms with Crippen molar-refractivity contribution in [3.63, 3.8) is 0 Å². The molecule has 0 saturated carbocycles. The molecule has 0 fully saturated rings. The van der Waals surface area contributed by atoms with E-state index in [2.05, 4.69) is 11.9 Å². The highest BCUT2D eigenvalue weighted by molar-refractivity contribution is 6.42. The van der Waals surface area contributed by atoms with Crippen LogP contribution >= 0.6 is 23.2 Å². The van der Waals surface area contributed by atoms with Gasteiger partial charge in [0.05, 0.1) is 16.1 Å². The molecule has 0 aliphatic rings. The number of halogens is 6. The zero-order chi connectivity index (χ0) is 25.7. The number of alkyl halides is 3. The fourth-order valence-electron chi connectivity index (χ4n) is 3.88. The van der Waals surface area contributed by atoms with Gasteiger partial charge in [-0.2, -0.15) is 13.2 Å². The molecule has 2 rings (SSSR count). The van der Waals surface area contributed by atoms with Crippen LogP contribution in [0.3, 0.4) is 0 Å². The highest BCUT2D eigenvalue weighted by Gasteiger charge is 2.44. The first-order chi connectivity index (χ1) is 15.8. The third kappa shape index (κ3) is 6.87. The number of nitrogens with zero attached hydrogens (tertiary/aromatic N) is 1. The van der Waals surface area contributed by atoms with E-state index in [1.165, 1.54) is 43.5 Å². The summed E-state index contributed by atoms with van der Waals surface area (Å²) >= 11 is 12.2. The van der Waals surface area contributed by atoms with Crippen molar-refractivity contribution in [1.29, 1.82) is 0 Å². The minimum atomic E-state index is -4.74. The van der Waals surface area contributed by atoms with Crippen LogP contribution in [0.4, 0.5) is 22.4 Å². The lowest BCUT2D eigenvalue weighted by molar-refractivity contribution is -0.161. The molecule has 1 unspecified atom stereocenters. The van der Waals surface area contributed by atoms with Crippen molar-refractivity contribution in [3.05, 3.63) is 82.1 Å². The second-order valence-electron chi connectivity index (χ2n) is 7.76. The maximum absolute atomic E-state index is 14.1. The number of benzene rings is 2. The van der Waals surface area contributed by atoms with Gasteiger partial charge in [-0.15, -0.1) is 6.58 Å². The third-order valence-corrected chi connectivity index (χ3v) is 6.04. The van der Waals surface area contributed by atoms with E-state index in [1.807, 2.05) is 0 Å². The number of carboxylic acid groups (broad SMARTS) is 1. The Kier molecular flexibility index (Phi) is 8.96. The van der Waals surface area contributed by atoms with Crippen molar-refractivity contribution >= 4 is 35.2 Å². The number of rotatable bonds is 9. The summed E-state index contributed by atoms with van der Waals surface area (Å²) in [5.74, 6) is -1.88. The quantitative estimate of drug-likeness (QED) is 0.298. The summed E-state index contributed by atoms with van der Waals surface area (Å²) in [5, 5.41) is 12.2. The average molecular weight is 521 g/mol. The summed E-state index contributed by atoms with van der Waals surface area (Å²) in [4.78, 5) is 25.0. The van der Waals surface area contributed by atoms with E-state index < -0.39 is 41.9 Å². The number of hydrogen-bond donors (Lipinski definition) is 2. The van der Waals surface area contributed by atoms with Crippen LogP contribution in [0.2, 0.25) is 10.0 Å². The molecule has 0 spiro atoms. The number of carbonyl (C=O) groups excluding carboxylic acids is 1.